The molecule has 0 aromatic carbocycles. The summed E-state index contributed by atoms with van der Waals surface area (Å²) in [6, 6.07) is 0. The van der Waals surface area contributed by atoms with E-state index in [1.807, 2.05) is 19.9 Å². The molecule has 0 amide bonds. The summed E-state index contributed by atoms with van der Waals surface area (Å²) in [6.07, 6.45) is 3.33. The van der Waals surface area contributed by atoms with Gasteiger partial charge in [-0.15, -0.1) is 0 Å². The Bertz CT molecular complexity index is 829. The average Bonchev–Trinajstić information content (AvgIpc) is 3.04. The van der Waals surface area contributed by atoms with E-state index in [9.17, 15) is 28.2 Å². The second-order valence-corrected chi connectivity index (χ2v) is 12.9. The van der Waals surface area contributed by atoms with Crippen LogP contribution in [0.5, 0.6) is 0 Å². The van der Waals surface area contributed by atoms with Crippen LogP contribution < -0.4 is 0 Å². The lowest BCUT2D eigenvalue weighted by atomic mass is 9.46. The van der Waals surface area contributed by atoms with Crippen LogP contribution >= 0.6 is 0 Å². The van der Waals surface area contributed by atoms with E-state index in [1.54, 1.807) is 0 Å². The van der Waals surface area contributed by atoms with Crippen molar-refractivity contribution in [3.63, 3.8) is 0 Å². The van der Waals surface area contributed by atoms with Gasteiger partial charge in [-0.05, 0) is 112 Å². The van der Waals surface area contributed by atoms with E-state index in [1.165, 1.54) is 0 Å². The Kier molecular flexibility index (Phi) is 5.97. The van der Waals surface area contributed by atoms with Crippen LogP contribution in [0.1, 0.15) is 92.4 Å². The minimum absolute atomic E-state index is 0.0176. The number of aliphatic hydroxyl groups is 2. The first-order chi connectivity index (χ1) is 15.0. The van der Waals surface area contributed by atoms with Crippen molar-refractivity contribution in [1.82, 2.24) is 0 Å². The number of halogens is 3. The summed E-state index contributed by atoms with van der Waals surface area (Å²) < 4.78 is 39.4. The van der Waals surface area contributed by atoms with Gasteiger partial charge in [0.2, 0.25) is 0 Å². The summed E-state index contributed by atoms with van der Waals surface area (Å²) >= 11 is 0. The number of ketones is 1. The van der Waals surface area contributed by atoms with E-state index < -0.39 is 17.4 Å². The van der Waals surface area contributed by atoms with Gasteiger partial charge in [0.05, 0.1) is 5.60 Å². The van der Waals surface area contributed by atoms with Crippen LogP contribution in [0.15, 0.2) is 11.6 Å². The average molecular weight is 471 g/mol. The SMILES string of the molecule is C[C@H](CC[C@](C)(O)C(F)(F)F)[C@H]1CC[C@H]2[C@@H]3C(=O)C=C4C[C@@](C)(O)CC[C@]4(C)[C@H]3CC[C@]12C. The lowest BCUT2D eigenvalue weighted by Gasteiger charge is -2.58. The Hall–Kier alpha value is -0.880. The van der Waals surface area contributed by atoms with Crippen LogP contribution in [-0.4, -0.2) is 33.4 Å². The van der Waals surface area contributed by atoms with Gasteiger partial charge in [-0.25, -0.2) is 0 Å². The highest BCUT2D eigenvalue weighted by Gasteiger charge is 2.62. The molecule has 9 atom stereocenters. The molecule has 0 bridgehead atoms. The molecule has 4 rings (SSSR count). The van der Waals surface area contributed by atoms with Gasteiger partial charge in [-0.2, -0.15) is 13.2 Å². The van der Waals surface area contributed by atoms with Gasteiger partial charge >= 0.3 is 6.18 Å². The summed E-state index contributed by atoms with van der Waals surface area (Å²) in [5, 5.41) is 20.5. The first-order valence-electron chi connectivity index (χ1n) is 12.8. The normalized spacial score (nSPS) is 46.0. The quantitative estimate of drug-likeness (QED) is 0.512. The van der Waals surface area contributed by atoms with Crippen molar-refractivity contribution in [2.24, 2.45) is 40.4 Å². The minimum Gasteiger partial charge on any atom is -0.390 e. The number of allylic oxidation sites excluding steroid dienone is 1. The lowest BCUT2D eigenvalue weighted by molar-refractivity contribution is -0.256. The maximum atomic E-state index is 13.4. The first kappa shape index (κ1) is 25.2. The summed E-state index contributed by atoms with van der Waals surface area (Å²) in [5.74, 6) is 1.07. The van der Waals surface area contributed by atoms with E-state index in [4.69, 9.17) is 0 Å². The molecule has 3 fully saturated rings. The number of hydrogen-bond acceptors (Lipinski definition) is 3. The molecule has 4 aliphatic carbocycles. The van der Waals surface area contributed by atoms with Crippen LogP contribution in [0, 0.1) is 40.4 Å². The fraction of sp³-hybridized carbons (Fsp3) is 0.889. The molecule has 0 radical (unpaired) electrons. The topological polar surface area (TPSA) is 57.5 Å². The fourth-order valence-electron chi connectivity index (χ4n) is 8.38. The molecule has 0 unspecified atom stereocenters. The first-order valence-corrected chi connectivity index (χ1v) is 12.8. The van der Waals surface area contributed by atoms with Crippen molar-refractivity contribution in [3.05, 3.63) is 11.6 Å². The highest BCUT2D eigenvalue weighted by molar-refractivity contribution is 5.94. The molecule has 3 saturated carbocycles. The Morgan fingerprint density at radius 1 is 1.09 bits per heavy atom. The number of hydrogen-bond donors (Lipinski definition) is 2. The second kappa shape index (κ2) is 7.81. The van der Waals surface area contributed by atoms with E-state index in [0.29, 0.717) is 18.8 Å². The number of carbonyl (C=O) groups excluding carboxylic acids is 1. The highest BCUT2D eigenvalue weighted by Crippen LogP contribution is 2.67. The third-order valence-corrected chi connectivity index (χ3v) is 10.7. The molecule has 0 heterocycles. The van der Waals surface area contributed by atoms with E-state index in [0.717, 1.165) is 51.0 Å². The maximum absolute atomic E-state index is 13.4. The van der Waals surface area contributed by atoms with Crippen LogP contribution in [-0.2, 0) is 4.79 Å². The third-order valence-electron chi connectivity index (χ3n) is 10.7. The van der Waals surface area contributed by atoms with Crippen molar-refractivity contribution in [2.45, 2.75) is 110 Å². The van der Waals surface area contributed by atoms with E-state index in [-0.39, 0.29) is 46.7 Å². The highest BCUT2D eigenvalue weighted by atomic mass is 19.4. The zero-order chi connectivity index (χ0) is 24.6. The Morgan fingerprint density at radius 2 is 1.76 bits per heavy atom. The van der Waals surface area contributed by atoms with Crippen LogP contribution in [0.3, 0.4) is 0 Å². The van der Waals surface area contributed by atoms with Crippen molar-refractivity contribution < 1.29 is 28.2 Å². The zero-order valence-electron chi connectivity index (χ0n) is 20.8. The van der Waals surface area contributed by atoms with Gasteiger partial charge in [-0.1, -0.05) is 26.3 Å². The van der Waals surface area contributed by atoms with Crippen molar-refractivity contribution in [1.29, 1.82) is 0 Å². The van der Waals surface area contributed by atoms with Gasteiger partial charge in [0.15, 0.2) is 11.4 Å². The Labute approximate surface area is 196 Å². The van der Waals surface area contributed by atoms with Crippen LogP contribution in [0.4, 0.5) is 13.2 Å². The van der Waals surface area contributed by atoms with Crippen LogP contribution in [0.25, 0.3) is 0 Å². The molecule has 0 aliphatic heterocycles. The molecular formula is C27H41F3O3. The summed E-state index contributed by atoms with van der Waals surface area (Å²) in [6.45, 7) is 9.32. The van der Waals surface area contributed by atoms with Crippen LogP contribution in [0.2, 0.25) is 0 Å². The minimum atomic E-state index is -4.62. The smallest absolute Gasteiger partial charge is 0.390 e. The van der Waals surface area contributed by atoms with Gasteiger partial charge in [0.1, 0.15) is 0 Å². The molecule has 0 spiro atoms. The fourth-order valence-corrected chi connectivity index (χ4v) is 8.38. The van der Waals surface area contributed by atoms with Crippen molar-refractivity contribution in [2.75, 3.05) is 0 Å². The predicted octanol–water partition coefficient (Wildman–Crippen LogP) is 6.23. The zero-order valence-corrected chi connectivity index (χ0v) is 20.8. The summed E-state index contributed by atoms with van der Waals surface area (Å²) in [5.41, 5.74) is -2.38. The molecule has 6 heteroatoms. The van der Waals surface area contributed by atoms with Crippen molar-refractivity contribution in [3.8, 4) is 0 Å². The largest absolute Gasteiger partial charge is 0.416 e. The van der Waals surface area contributed by atoms with Crippen molar-refractivity contribution >= 4 is 5.78 Å². The van der Waals surface area contributed by atoms with Gasteiger partial charge in [0, 0.05) is 5.92 Å². The number of fused-ring (bicyclic) bond motifs is 5. The van der Waals surface area contributed by atoms with E-state index >= 15 is 0 Å². The van der Waals surface area contributed by atoms with E-state index in [2.05, 4.69) is 13.8 Å². The molecule has 2 N–H and O–H groups in total. The van der Waals surface area contributed by atoms with Gasteiger partial charge < -0.3 is 10.2 Å². The number of carbonyl (C=O) groups is 1. The third kappa shape index (κ3) is 4.01. The molecular weight excluding hydrogens is 429 g/mol. The Balaban J connectivity index is 1.54. The predicted molar refractivity (Wildman–Crippen MR) is 121 cm³/mol. The molecule has 188 valence electrons. The standard InChI is InChI=1S/C27H41F3O3/c1-16(8-11-26(5,33)27(28,29)30)18-6-7-19-22-20(9-10-25(18,19)4)24(3)13-12-23(2,32)15-17(24)14-21(22)31/h14,16,18-20,22,32-33H,6-13,15H2,1-5H3/t16-,18-,19+,20+,22+,23+,24+,25-,26+/m1/s1. The number of alkyl halides is 3. The summed E-state index contributed by atoms with van der Waals surface area (Å²) in [4.78, 5) is 13.4. The maximum Gasteiger partial charge on any atom is 0.416 e. The molecule has 3 nitrogen and oxygen atoms in total. The number of rotatable bonds is 4. The Morgan fingerprint density at radius 3 is 2.39 bits per heavy atom. The molecule has 0 aromatic heterocycles. The van der Waals surface area contributed by atoms with Gasteiger partial charge in [0.25, 0.3) is 0 Å². The molecule has 0 saturated heterocycles. The summed E-state index contributed by atoms with van der Waals surface area (Å²) in [7, 11) is 0. The second-order valence-electron chi connectivity index (χ2n) is 12.9. The molecule has 4 aliphatic rings. The monoisotopic (exact) mass is 470 g/mol. The van der Waals surface area contributed by atoms with Gasteiger partial charge in [-0.3, -0.25) is 4.79 Å². The molecule has 33 heavy (non-hydrogen) atoms. The lowest BCUT2D eigenvalue weighted by Crippen LogP contribution is -2.54. The molecule has 0 aromatic rings.